The van der Waals surface area contributed by atoms with Crippen LogP contribution in [0.4, 0.5) is 16.2 Å². The van der Waals surface area contributed by atoms with Crippen LogP contribution in [0.1, 0.15) is 68.7 Å². The predicted molar refractivity (Wildman–Crippen MR) is 147 cm³/mol. The Hall–Kier alpha value is -4.07. The molecule has 8 heteroatoms. The van der Waals surface area contributed by atoms with Crippen LogP contribution >= 0.6 is 0 Å². The quantitative estimate of drug-likeness (QED) is 0.331. The molecule has 0 spiro atoms. The van der Waals surface area contributed by atoms with Crippen molar-refractivity contribution in [1.29, 1.82) is 0 Å². The van der Waals surface area contributed by atoms with Gasteiger partial charge in [0.1, 0.15) is 11.5 Å². The van der Waals surface area contributed by atoms with Crippen molar-refractivity contribution in [3.63, 3.8) is 0 Å². The average Bonchev–Trinajstić information content (AvgIpc) is 2.83. The number of ether oxygens (including phenoxy) is 1. The topological polar surface area (TPSA) is 113 Å². The molecule has 0 saturated carbocycles. The molecular weight excluding hydrogens is 468 g/mol. The second-order valence-electron chi connectivity index (χ2n) is 10.9. The molecular formula is C29H36N4O4. The third-order valence-electron chi connectivity index (χ3n) is 5.87. The van der Waals surface area contributed by atoms with Crippen molar-refractivity contribution < 1.29 is 19.4 Å². The molecule has 0 bridgehead atoms. The molecule has 1 aromatic heterocycles. The first kappa shape index (κ1) is 27.5. The number of rotatable bonds is 6. The number of aromatic nitrogens is 1. The Morgan fingerprint density at radius 2 is 1.54 bits per heavy atom. The van der Waals surface area contributed by atoms with Gasteiger partial charge in [-0.1, -0.05) is 47.6 Å². The summed E-state index contributed by atoms with van der Waals surface area (Å²) in [5.41, 5.74) is 2.51. The Balaban J connectivity index is 1.90. The van der Waals surface area contributed by atoms with Gasteiger partial charge in [-0.05, 0) is 47.2 Å². The Kier molecular flexibility index (Phi) is 8.11. The van der Waals surface area contributed by atoms with Crippen LogP contribution in [0.3, 0.4) is 0 Å². The summed E-state index contributed by atoms with van der Waals surface area (Å²) in [6.45, 7) is 12.2. The maximum atomic E-state index is 13.5. The lowest BCUT2D eigenvalue weighted by Crippen LogP contribution is -2.29. The molecule has 4 N–H and O–H groups in total. The molecule has 8 nitrogen and oxygen atoms in total. The largest absolute Gasteiger partial charge is 0.507 e. The number of phenols is 1. The number of methoxy groups -OCH3 is 1. The summed E-state index contributed by atoms with van der Waals surface area (Å²) >= 11 is 0. The van der Waals surface area contributed by atoms with E-state index in [2.05, 4.69) is 20.9 Å². The molecule has 1 heterocycles. The van der Waals surface area contributed by atoms with Crippen LogP contribution in [0.25, 0.3) is 0 Å². The van der Waals surface area contributed by atoms with E-state index in [4.69, 9.17) is 4.74 Å². The molecule has 2 aromatic carbocycles. The van der Waals surface area contributed by atoms with Crippen LogP contribution < -0.4 is 20.7 Å². The summed E-state index contributed by atoms with van der Waals surface area (Å²) in [6.07, 6.45) is 1.66. The maximum absolute atomic E-state index is 13.5. The first-order chi connectivity index (χ1) is 17.3. The molecule has 0 aliphatic carbocycles. The first-order valence-electron chi connectivity index (χ1n) is 12.1. The summed E-state index contributed by atoms with van der Waals surface area (Å²) in [5, 5.41) is 19.4. The fraction of sp³-hybridized carbons (Fsp3) is 0.345. The van der Waals surface area contributed by atoms with Crippen molar-refractivity contribution >= 4 is 23.3 Å². The molecule has 37 heavy (non-hydrogen) atoms. The average molecular weight is 505 g/mol. The van der Waals surface area contributed by atoms with Gasteiger partial charge >= 0.3 is 6.03 Å². The van der Waals surface area contributed by atoms with E-state index in [0.29, 0.717) is 33.8 Å². The second-order valence-corrected chi connectivity index (χ2v) is 10.9. The highest BCUT2D eigenvalue weighted by Gasteiger charge is 2.28. The van der Waals surface area contributed by atoms with Gasteiger partial charge in [-0.15, -0.1) is 0 Å². The first-order valence-corrected chi connectivity index (χ1v) is 12.1. The number of amides is 3. The SMILES string of the molecule is COc1ccc(NC(=O)NCc2ccccn2)c(NC(=O)c2cc(C(C)(C)C)c(O)c(C(C)(C)C)c2)c1. The van der Waals surface area contributed by atoms with Gasteiger partial charge in [-0.2, -0.15) is 0 Å². The zero-order valence-electron chi connectivity index (χ0n) is 22.5. The standard InChI is InChI=1S/C29H36N4O4/c1-28(2,3)21-14-18(15-22(25(21)34)29(4,5)6)26(35)32-24-16-20(37-7)11-12-23(24)33-27(36)31-17-19-10-8-9-13-30-19/h8-16,34H,17H2,1-7H3,(H,32,35)(H2,31,33,36). The number of aromatic hydroxyl groups is 1. The highest BCUT2D eigenvalue weighted by atomic mass is 16.5. The minimum atomic E-state index is -0.444. The van der Waals surface area contributed by atoms with E-state index in [1.54, 1.807) is 42.6 Å². The minimum Gasteiger partial charge on any atom is -0.507 e. The van der Waals surface area contributed by atoms with E-state index >= 15 is 0 Å². The number of benzene rings is 2. The molecule has 0 atom stereocenters. The van der Waals surface area contributed by atoms with E-state index < -0.39 is 6.03 Å². The molecule has 0 unspecified atom stereocenters. The Labute approximate surface area is 218 Å². The number of nitrogens with one attached hydrogen (secondary N) is 3. The monoisotopic (exact) mass is 504 g/mol. The minimum absolute atomic E-state index is 0.199. The molecule has 0 aliphatic rings. The second kappa shape index (κ2) is 10.9. The van der Waals surface area contributed by atoms with Gasteiger partial charge in [0.15, 0.2) is 0 Å². The van der Waals surface area contributed by atoms with E-state index in [1.807, 2.05) is 53.7 Å². The smallest absolute Gasteiger partial charge is 0.319 e. The number of hydrogen-bond acceptors (Lipinski definition) is 5. The van der Waals surface area contributed by atoms with Crippen LogP contribution in [0, 0.1) is 0 Å². The van der Waals surface area contributed by atoms with Crippen molar-refractivity contribution in [2.75, 3.05) is 17.7 Å². The summed E-state index contributed by atoms with van der Waals surface area (Å²) in [4.78, 5) is 30.2. The number of carbonyl (C=O) groups is 2. The zero-order chi connectivity index (χ0) is 27.4. The molecule has 3 aromatic rings. The normalized spacial score (nSPS) is 11.5. The van der Waals surface area contributed by atoms with E-state index in [-0.39, 0.29) is 29.0 Å². The van der Waals surface area contributed by atoms with Crippen molar-refractivity contribution in [2.24, 2.45) is 0 Å². The molecule has 3 amide bonds. The Morgan fingerprint density at radius 1 is 0.892 bits per heavy atom. The molecule has 0 aliphatic heterocycles. The number of phenolic OH excluding ortho intramolecular Hbond substituents is 1. The molecule has 3 rings (SSSR count). The lowest BCUT2D eigenvalue weighted by Gasteiger charge is -2.28. The highest BCUT2D eigenvalue weighted by molar-refractivity contribution is 6.07. The Bertz CT molecular complexity index is 1240. The summed E-state index contributed by atoms with van der Waals surface area (Å²) < 4.78 is 5.33. The van der Waals surface area contributed by atoms with E-state index in [1.165, 1.54) is 7.11 Å². The molecule has 0 saturated heterocycles. The molecule has 0 radical (unpaired) electrons. The lowest BCUT2D eigenvalue weighted by atomic mass is 9.78. The van der Waals surface area contributed by atoms with Crippen molar-refractivity contribution in [3.8, 4) is 11.5 Å². The van der Waals surface area contributed by atoms with Gasteiger partial charge in [-0.3, -0.25) is 9.78 Å². The fourth-order valence-corrected chi connectivity index (χ4v) is 3.81. The molecule has 196 valence electrons. The third-order valence-corrected chi connectivity index (χ3v) is 5.87. The lowest BCUT2D eigenvalue weighted by molar-refractivity contribution is 0.102. The van der Waals surface area contributed by atoms with Crippen LogP contribution in [0.5, 0.6) is 11.5 Å². The summed E-state index contributed by atoms with van der Waals surface area (Å²) in [6, 6.07) is 13.4. The zero-order valence-corrected chi connectivity index (χ0v) is 22.5. The van der Waals surface area contributed by atoms with Crippen molar-refractivity contribution in [2.45, 2.75) is 58.9 Å². The molecule has 0 fully saturated rings. The van der Waals surface area contributed by atoms with E-state index in [9.17, 15) is 14.7 Å². The van der Waals surface area contributed by atoms with Crippen LogP contribution in [0.2, 0.25) is 0 Å². The van der Waals surface area contributed by atoms with Crippen molar-refractivity contribution in [3.05, 3.63) is 77.1 Å². The third kappa shape index (κ3) is 7.00. The van der Waals surface area contributed by atoms with Gasteiger partial charge in [0.25, 0.3) is 5.91 Å². The predicted octanol–water partition coefficient (Wildman–Crippen LogP) is 5.96. The maximum Gasteiger partial charge on any atom is 0.319 e. The number of pyridine rings is 1. The van der Waals surface area contributed by atoms with Gasteiger partial charge in [0.05, 0.1) is 30.7 Å². The summed E-state index contributed by atoms with van der Waals surface area (Å²) in [5.74, 6) is 0.345. The van der Waals surface area contributed by atoms with Gasteiger partial charge in [0.2, 0.25) is 0 Å². The number of nitrogens with zero attached hydrogens (tertiary/aromatic N) is 1. The van der Waals surface area contributed by atoms with Crippen LogP contribution in [-0.2, 0) is 17.4 Å². The highest BCUT2D eigenvalue weighted by Crippen LogP contribution is 2.40. The summed E-state index contributed by atoms with van der Waals surface area (Å²) in [7, 11) is 1.53. The Morgan fingerprint density at radius 3 is 2.08 bits per heavy atom. The van der Waals surface area contributed by atoms with Crippen molar-refractivity contribution in [1.82, 2.24) is 10.3 Å². The van der Waals surface area contributed by atoms with Gasteiger partial charge in [-0.25, -0.2) is 4.79 Å². The van der Waals surface area contributed by atoms with Crippen LogP contribution in [0.15, 0.2) is 54.7 Å². The van der Waals surface area contributed by atoms with Gasteiger partial charge < -0.3 is 25.8 Å². The van der Waals surface area contributed by atoms with E-state index in [0.717, 1.165) is 5.69 Å². The fourth-order valence-electron chi connectivity index (χ4n) is 3.81. The van der Waals surface area contributed by atoms with Crippen LogP contribution in [-0.4, -0.2) is 29.1 Å². The number of anilines is 2. The number of carbonyl (C=O) groups excluding carboxylic acids is 2. The number of hydrogen-bond donors (Lipinski definition) is 4. The van der Waals surface area contributed by atoms with Gasteiger partial charge in [0, 0.05) is 29.0 Å². The number of urea groups is 1.